The fourth-order valence-corrected chi connectivity index (χ4v) is 4.54. The summed E-state index contributed by atoms with van der Waals surface area (Å²) in [5.41, 5.74) is 6.41. The van der Waals surface area contributed by atoms with E-state index in [0.29, 0.717) is 33.0 Å². The van der Waals surface area contributed by atoms with Crippen molar-refractivity contribution in [2.45, 2.75) is 40.4 Å². The van der Waals surface area contributed by atoms with Crippen LogP contribution in [0.5, 0.6) is 17.2 Å². The van der Waals surface area contributed by atoms with Gasteiger partial charge in [0.05, 0.1) is 19.9 Å². The van der Waals surface area contributed by atoms with E-state index in [0.717, 1.165) is 17.1 Å². The van der Waals surface area contributed by atoms with Gasteiger partial charge in [-0.1, -0.05) is 0 Å². The van der Waals surface area contributed by atoms with Gasteiger partial charge in [-0.3, -0.25) is 4.79 Å². The lowest BCUT2D eigenvalue weighted by Crippen LogP contribution is -2.26. The molecule has 4 rings (SSSR count). The predicted molar refractivity (Wildman–Crippen MR) is 161 cm³/mol. The maximum absolute atomic E-state index is 12.6. The van der Waals surface area contributed by atoms with E-state index in [1.54, 1.807) is 38.1 Å². The van der Waals surface area contributed by atoms with Crippen molar-refractivity contribution in [3.63, 3.8) is 0 Å². The molecule has 4 aromatic rings. The van der Waals surface area contributed by atoms with Crippen LogP contribution < -0.4 is 19.6 Å². The lowest BCUT2D eigenvalue weighted by molar-refractivity contribution is -0.150. The molecule has 0 unspecified atom stereocenters. The van der Waals surface area contributed by atoms with Gasteiger partial charge in [0.25, 0.3) is 0 Å². The van der Waals surface area contributed by atoms with Crippen LogP contribution in [0.15, 0.2) is 74.7 Å². The number of halogens is 1. The van der Waals surface area contributed by atoms with Gasteiger partial charge in [0.15, 0.2) is 23.4 Å². The molecule has 0 radical (unpaired) electrons. The monoisotopic (exact) mass is 637 g/mol. The second kappa shape index (κ2) is 13.9. The number of benzene rings is 2. The summed E-state index contributed by atoms with van der Waals surface area (Å²) in [6.07, 6.45) is 0.619. The fourth-order valence-electron chi connectivity index (χ4n) is 4.11. The van der Waals surface area contributed by atoms with Gasteiger partial charge < -0.3 is 27.9 Å². The van der Waals surface area contributed by atoms with Crippen LogP contribution in [0.1, 0.15) is 47.1 Å². The smallest absolute Gasteiger partial charge is 0.347 e. The number of ether oxygens (including phenoxy) is 4. The number of hydrogen-bond acceptors (Lipinski definition) is 8. The molecule has 2 aromatic heterocycles. The minimum Gasteiger partial charge on any atom is -0.493 e. The quantitative estimate of drug-likeness (QED) is 0.113. The minimum atomic E-state index is -0.822. The molecule has 0 saturated heterocycles. The van der Waals surface area contributed by atoms with Crippen molar-refractivity contribution in [3.8, 4) is 22.9 Å². The largest absolute Gasteiger partial charge is 0.493 e. The summed E-state index contributed by atoms with van der Waals surface area (Å²) in [6.45, 7) is 7.86. The van der Waals surface area contributed by atoms with E-state index in [4.69, 9.17) is 23.4 Å². The molecule has 0 bridgehead atoms. The zero-order valence-corrected chi connectivity index (χ0v) is 25.6. The van der Waals surface area contributed by atoms with Crippen molar-refractivity contribution >= 4 is 34.0 Å². The standard InChI is InChI=1S/C31H32BrN3O7/c1-6-39-31(37)21(4)41-29-16-26(32)22(15-28(29)38-5)17-33-34-30(36)27-14-13-25(42-27)18-40-24-11-9-23(10-12-24)35-19(2)7-8-20(35)3/h7-17,21H,6,18H2,1-5H3,(H,34,36)/b33-17+/t21-/m0/s1. The number of nitrogens with zero attached hydrogens (tertiary/aromatic N) is 2. The minimum absolute atomic E-state index is 0.0907. The number of hydrazone groups is 1. The van der Waals surface area contributed by atoms with Gasteiger partial charge >= 0.3 is 11.9 Å². The van der Waals surface area contributed by atoms with E-state index < -0.39 is 18.0 Å². The summed E-state index contributed by atoms with van der Waals surface area (Å²) in [5.74, 6) is 0.981. The molecule has 0 aliphatic carbocycles. The van der Waals surface area contributed by atoms with Crippen LogP contribution in [0.4, 0.5) is 0 Å². The van der Waals surface area contributed by atoms with Gasteiger partial charge in [-0.25, -0.2) is 10.2 Å². The molecule has 1 amide bonds. The number of nitrogens with one attached hydrogen (secondary N) is 1. The number of amides is 1. The van der Waals surface area contributed by atoms with Gasteiger partial charge in [0, 0.05) is 27.1 Å². The number of aromatic nitrogens is 1. The van der Waals surface area contributed by atoms with E-state index >= 15 is 0 Å². The Morgan fingerprint density at radius 1 is 1.05 bits per heavy atom. The highest BCUT2D eigenvalue weighted by molar-refractivity contribution is 9.10. The van der Waals surface area contributed by atoms with E-state index in [9.17, 15) is 9.59 Å². The molecule has 0 fully saturated rings. The fraction of sp³-hybridized carbons (Fsp3) is 0.258. The first-order valence-electron chi connectivity index (χ1n) is 13.2. The molecule has 42 heavy (non-hydrogen) atoms. The van der Waals surface area contributed by atoms with E-state index in [1.165, 1.54) is 13.3 Å². The van der Waals surface area contributed by atoms with Crippen LogP contribution >= 0.6 is 15.9 Å². The third-order valence-electron chi connectivity index (χ3n) is 6.21. The Labute approximate surface area is 252 Å². The zero-order valence-electron chi connectivity index (χ0n) is 24.0. The number of esters is 1. The van der Waals surface area contributed by atoms with Gasteiger partial charge in [0.2, 0.25) is 0 Å². The van der Waals surface area contributed by atoms with Crippen molar-refractivity contribution in [1.29, 1.82) is 0 Å². The third-order valence-corrected chi connectivity index (χ3v) is 6.89. The first-order valence-corrected chi connectivity index (χ1v) is 14.0. The lowest BCUT2D eigenvalue weighted by atomic mass is 10.2. The zero-order chi connectivity index (χ0) is 30.2. The topological polar surface area (TPSA) is 114 Å². The van der Waals surface area contributed by atoms with Crippen LogP contribution in [0.3, 0.4) is 0 Å². The molecule has 220 valence electrons. The number of carbonyl (C=O) groups is 2. The molecular weight excluding hydrogens is 606 g/mol. The Hall–Kier alpha value is -4.51. The first kappa shape index (κ1) is 30.4. The van der Waals surface area contributed by atoms with Crippen LogP contribution in [-0.2, 0) is 16.1 Å². The molecule has 11 heteroatoms. The van der Waals surface area contributed by atoms with Crippen LogP contribution in [0.2, 0.25) is 0 Å². The van der Waals surface area contributed by atoms with Crippen LogP contribution in [0, 0.1) is 13.8 Å². The third kappa shape index (κ3) is 7.41. The van der Waals surface area contributed by atoms with Crippen molar-refractivity contribution in [2.24, 2.45) is 5.10 Å². The number of hydrogen-bond donors (Lipinski definition) is 1. The highest BCUT2D eigenvalue weighted by Gasteiger charge is 2.19. The maximum Gasteiger partial charge on any atom is 0.347 e. The molecule has 0 aliphatic rings. The SMILES string of the molecule is CCOC(=O)[C@H](C)Oc1cc(Br)c(/C=N/NC(=O)c2ccc(COc3ccc(-n4c(C)ccc4C)cc3)o2)cc1OC. The average Bonchev–Trinajstić information content (AvgIpc) is 3.59. The molecule has 2 aromatic carbocycles. The second-order valence-electron chi connectivity index (χ2n) is 9.24. The van der Waals surface area contributed by atoms with Gasteiger partial charge in [-0.2, -0.15) is 5.10 Å². The highest BCUT2D eigenvalue weighted by Crippen LogP contribution is 2.33. The number of aryl methyl sites for hydroxylation is 2. The van der Waals surface area contributed by atoms with Crippen LogP contribution in [-0.4, -0.2) is 42.5 Å². The Bertz CT molecular complexity index is 1550. The van der Waals surface area contributed by atoms with Crippen molar-refractivity contribution in [3.05, 3.63) is 93.6 Å². The number of rotatable bonds is 12. The number of methoxy groups -OCH3 is 1. The summed E-state index contributed by atoms with van der Waals surface area (Å²) < 4.78 is 30.3. The normalized spacial score (nSPS) is 11.8. The number of carbonyl (C=O) groups excluding carboxylic acids is 2. The Balaban J connectivity index is 1.32. The van der Waals surface area contributed by atoms with E-state index in [-0.39, 0.29) is 19.0 Å². The van der Waals surface area contributed by atoms with E-state index in [1.807, 2.05) is 24.3 Å². The molecule has 0 aliphatic heterocycles. The molecule has 0 saturated carbocycles. The number of furan rings is 1. The molecule has 1 atom stereocenters. The maximum atomic E-state index is 12.6. The Morgan fingerprint density at radius 3 is 2.43 bits per heavy atom. The molecule has 10 nitrogen and oxygen atoms in total. The van der Waals surface area contributed by atoms with Gasteiger partial charge in [-0.15, -0.1) is 0 Å². The van der Waals surface area contributed by atoms with Gasteiger partial charge in [-0.05, 0) is 104 Å². The van der Waals surface area contributed by atoms with Crippen molar-refractivity contribution < 1.29 is 33.0 Å². The molecular formula is C31H32BrN3O7. The van der Waals surface area contributed by atoms with E-state index in [2.05, 4.69) is 57.0 Å². The van der Waals surface area contributed by atoms with Crippen molar-refractivity contribution in [2.75, 3.05) is 13.7 Å². The first-order chi connectivity index (χ1) is 20.2. The van der Waals surface area contributed by atoms with Gasteiger partial charge in [0.1, 0.15) is 18.1 Å². The van der Waals surface area contributed by atoms with Crippen LogP contribution in [0.25, 0.3) is 5.69 Å². The van der Waals surface area contributed by atoms with Crippen molar-refractivity contribution in [1.82, 2.24) is 9.99 Å². The summed E-state index contributed by atoms with van der Waals surface area (Å²) in [6, 6.07) is 18.5. The predicted octanol–water partition coefficient (Wildman–Crippen LogP) is 6.13. The Morgan fingerprint density at radius 2 is 1.76 bits per heavy atom. The Kier molecular flexibility index (Phi) is 10.1. The summed E-state index contributed by atoms with van der Waals surface area (Å²) >= 11 is 3.45. The molecule has 1 N–H and O–H groups in total. The average molecular weight is 639 g/mol. The summed E-state index contributed by atoms with van der Waals surface area (Å²) in [7, 11) is 1.48. The molecule has 0 spiro atoms. The summed E-state index contributed by atoms with van der Waals surface area (Å²) in [5, 5.41) is 4.02. The highest BCUT2D eigenvalue weighted by atomic mass is 79.9. The summed E-state index contributed by atoms with van der Waals surface area (Å²) in [4.78, 5) is 24.5. The molecule has 2 heterocycles. The second-order valence-corrected chi connectivity index (χ2v) is 10.1. The lowest BCUT2D eigenvalue weighted by Gasteiger charge is -2.16.